The number of nitrogens with two attached hydrogens (primary N) is 1. The number of aromatic nitrogens is 3. The summed E-state index contributed by atoms with van der Waals surface area (Å²) >= 11 is 9.46. The lowest BCUT2D eigenvalue weighted by Crippen LogP contribution is -2.32. The van der Waals surface area contributed by atoms with E-state index in [-0.39, 0.29) is 60.1 Å². The van der Waals surface area contributed by atoms with Crippen LogP contribution in [0, 0.1) is 6.92 Å². The normalized spacial score (nSPS) is 16.5. The van der Waals surface area contributed by atoms with Crippen LogP contribution in [0.5, 0.6) is 0 Å². The summed E-state index contributed by atoms with van der Waals surface area (Å²) in [5.74, 6) is -3.45. The van der Waals surface area contributed by atoms with E-state index in [1.54, 1.807) is 13.0 Å². The van der Waals surface area contributed by atoms with Gasteiger partial charge in [0.2, 0.25) is 11.8 Å². The number of ketones is 3. The molecule has 2 saturated carbocycles. The number of halogens is 5. The highest BCUT2D eigenvalue weighted by molar-refractivity contribution is 9.09. The molecule has 4 N–H and O–H groups in total. The van der Waals surface area contributed by atoms with Crippen LogP contribution in [0.25, 0.3) is 10.7 Å². The summed E-state index contributed by atoms with van der Waals surface area (Å²) in [4.78, 5) is 45.9. The maximum absolute atomic E-state index is 13.4. The van der Waals surface area contributed by atoms with E-state index in [0.29, 0.717) is 74.0 Å². The number of aryl methyl sites for hydroxylation is 3. The molecule has 0 radical (unpaired) electrons. The summed E-state index contributed by atoms with van der Waals surface area (Å²) in [5.41, 5.74) is 9.73. The lowest BCUT2D eigenvalue weighted by Gasteiger charge is -2.29. The molecule has 0 spiro atoms. The topological polar surface area (TPSA) is 140 Å². The van der Waals surface area contributed by atoms with Crippen LogP contribution in [0.3, 0.4) is 0 Å². The molecule has 0 saturated heterocycles. The largest absolute Gasteiger partial charge is 0.388 e. The summed E-state index contributed by atoms with van der Waals surface area (Å²) in [6, 6.07) is 7.43. The molecule has 0 bridgehead atoms. The van der Waals surface area contributed by atoms with E-state index in [9.17, 15) is 31.9 Å². The Morgan fingerprint density at radius 2 is 1.24 bits per heavy atom. The van der Waals surface area contributed by atoms with E-state index in [4.69, 9.17) is 18.0 Å². The third kappa shape index (κ3) is 16.6. The molecule has 0 aliphatic heterocycles. The molecule has 2 aliphatic carbocycles. The molecule has 296 valence electrons. The highest BCUT2D eigenvalue weighted by atomic mass is 79.9. The Labute approximate surface area is 332 Å². The van der Waals surface area contributed by atoms with Gasteiger partial charge in [-0.1, -0.05) is 28.1 Å². The zero-order chi connectivity index (χ0) is 40.1. The van der Waals surface area contributed by atoms with Crippen molar-refractivity contribution in [1.82, 2.24) is 15.0 Å². The van der Waals surface area contributed by atoms with Gasteiger partial charge < -0.3 is 26.0 Å². The fourth-order valence-electron chi connectivity index (χ4n) is 5.75. The molecule has 0 amide bonds. The number of nitrogens with zero attached hydrogens (tertiary/aromatic N) is 3. The van der Waals surface area contributed by atoms with Crippen molar-refractivity contribution in [2.75, 3.05) is 16.0 Å². The fourth-order valence-corrected chi connectivity index (χ4v) is 6.61. The van der Waals surface area contributed by atoms with Crippen LogP contribution >= 0.6 is 39.5 Å². The molecule has 16 heteroatoms. The number of carbonyl (C=O) groups excluding carboxylic acids is 3. The number of rotatable bonds is 13. The maximum atomic E-state index is 13.4. The number of thiazole rings is 1. The van der Waals surface area contributed by atoms with Crippen LogP contribution in [0.4, 0.5) is 29.2 Å². The van der Waals surface area contributed by atoms with E-state index < -0.39 is 11.8 Å². The van der Waals surface area contributed by atoms with Crippen LogP contribution in [-0.4, -0.2) is 66.5 Å². The zero-order valence-corrected chi connectivity index (χ0v) is 34.3. The summed E-state index contributed by atoms with van der Waals surface area (Å²) in [5, 5.41) is 9.78. The van der Waals surface area contributed by atoms with Gasteiger partial charge in [0, 0.05) is 61.7 Å². The van der Waals surface area contributed by atoms with Crippen molar-refractivity contribution in [2.24, 2.45) is 5.73 Å². The Morgan fingerprint density at radius 3 is 1.63 bits per heavy atom. The minimum atomic E-state index is -2.56. The average molecular weight is 858 g/mol. The van der Waals surface area contributed by atoms with Crippen molar-refractivity contribution in [3.8, 4) is 10.7 Å². The van der Waals surface area contributed by atoms with Gasteiger partial charge in [-0.2, -0.15) is 0 Å². The van der Waals surface area contributed by atoms with E-state index in [2.05, 4.69) is 41.5 Å². The van der Waals surface area contributed by atoms with Gasteiger partial charge in [-0.15, -0.1) is 11.3 Å². The Balaban J connectivity index is 0.000000260. The number of Topliss-reactive ketones (excluding diaryl/α,β-unsaturated/α-hetero) is 3. The van der Waals surface area contributed by atoms with Gasteiger partial charge >= 0.3 is 0 Å². The number of hydrogen-bond acceptors (Lipinski definition) is 10. The molecule has 5 rings (SSSR count). The fraction of sp³-hybridized carbons (Fsp3) is 0.553. The minimum Gasteiger partial charge on any atom is -0.388 e. The zero-order valence-electron chi connectivity index (χ0n) is 31.1. The predicted molar refractivity (Wildman–Crippen MR) is 214 cm³/mol. The quantitative estimate of drug-likeness (QED) is 0.0866. The number of alkyl halides is 5. The Hall–Kier alpha value is -3.37. The number of anilines is 2. The monoisotopic (exact) mass is 856 g/mol. The van der Waals surface area contributed by atoms with Gasteiger partial charge in [0.05, 0.1) is 11.0 Å². The summed E-state index contributed by atoms with van der Waals surface area (Å²) in [6.45, 7) is 6.58. The molecule has 3 aromatic rings. The first-order valence-corrected chi connectivity index (χ1v) is 20.3. The second-order valence-corrected chi connectivity index (χ2v) is 15.8. The lowest BCUT2D eigenvalue weighted by atomic mass is 9.92. The van der Waals surface area contributed by atoms with Crippen LogP contribution in [-0.2, 0) is 27.2 Å². The van der Waals surface area contributed by atoms with E-state index in [1.807, 2.05) is 30.5 Å². The average Bonchev–Trinajstić information content (AvgIpc) is 3.55. The molecule has 2 fully saturated rings. The molecule has 3 aromatic heterocycles. The van der Waals surface area contributed by atoms with Crippen molar-refractivity contribution in [3.05, 3.63) is 52.2 Å². The molecule has 3 heterocycles. The van der Waals surface area contributed by atoms with Crippen molar-refractivity contribution in [2.45, 2.75) is 129 Å². The van der Waals surface area contributed by atoms with Gasteiger partial charge in [0.1, 0.15) is 44.7 Å². The van der Waals surface area contributed by atoms with Gasteiger partial charge in [-0.05, 0) is 102 Å². The first kappa shape index (κ1) is 45.0. The number of thiocarbonyl (C=S) groups is 1. The predicted octanol–water partition coefficient (Wildman–Crippen LogP) is 9.22. The molecule has 0 atom stereocenters. The summed E-state index contributed by atoms with van der Waals surface area (Å²) in [7, 11) is 0. The molecule has 54 heavy (non-hydrogen) atoms. The SMILES string of the molecule is CC(=O)CBr.CC(=O)CCc1cc(NC2CCC(F)(F)CC2)nc(-c2nc(C)cs2)c1.CC(=O)CCc1cc(NC2CCC(F)(F)CC2)nc(C(N)=S)c1. The molecule has 0 aromatic carbocycles. The second kappa shape index (κ2) is 21.1. The van der Waals surface area contributed by atoms with E-state index in [0.717, 1.165) is 27.5 Å². The standard InChI is InChI=1S/C19H23F2N3OS.C16H21F2N3OS.C3H5BrO/c1-12-11-26-18(22-12)16-9-14(4-3-13(2)25)10-17(24-16)23-15-5-7-19(20,21)8-6-15;1-10(22)2-3-11-8-13(15(19)23)21-14(9-11)20-12-4-6-16(17,18)7-5-12;1-3(5)2-4/h9-11,15H,3-8H2,1-2H3,(H,23,24);8-9,12H,2-7H2,1H3,(H2,19,23)(H,20,21);2H2,1H3. The van der Waals surface area contributed by atoms with Gasteiger partial charge in [0.25, 0.3) is 0 Å². The molecule has 0 unspecified atom stereocenters. The first-order valence-electron chi connectivity index (χ1n) is 17.9. The van der Waals surface area contributed by atoms with Gasteiger partial charge in [-0.3, -0.25) is 4.79 Å². The van der Waals surface area contributed by atoms with Crippen molar-refractivity contribution < 1.29 is 31.9 Å². The summed E-state index contributed by atoms with van der Waals surface area (Å²) < 4.78 is 53.2. The molecule has 2 aliphatic rings. The Bertz CT molecular complexity index is 1740. The molecular formula is C38H49BrF4N6O3S2. The maximum Gasteiger partial charge on any atom is 0.248 e. The molecule has 9 nitrogen and oxygen atoms in total. The van der Waals surface area contributed by atoms with E-state index in [1.165, 1.54) is 25.2 Å². The van der Waals surface area contributed by atoms with Gasteiger partial charge in [-0.25, -0.2) is 32.5 Å². The first-order chi connectivity index (χ1) is 25.3. The highest BCUT2D eigenvalue weighted by Crippen LogP contribution is 2.35. The number of carbonyl (C=O) groups is 3. The second-order valence-electron chi connectivity index (χ2n) is 13.9. The van der Waals surface area contributed by atoms with Crippen LogP contribution < -0.4 is 16.4 Å². The van der Waals surface area contributed by atoms with Crippen molar-refractivity contribution >= 4 is 73.5 Å². The van der Waals surface area contributed by atoms with Crippen LogP contribution in [0.1, 0.15) is 107 Å². The van der Waals surface area contributed by atoms with Crippen molar-refractivity contribution in [3.63, 3.8) is 0 Å². The lowest BCUT2D eigenvalue weighted by molar-refractivity contribution is -0.117. The van der Waals surface area contributed by atoms with Crippen molar-refractivity contribution in [1.29, 1.82) is 0 Å². The smallest absolute Gasteiger partial charge is 0.248 e. The van der Waals surface area contributed by atoms with Crippen LogP contribution in [0.2, 0.25) is 0 Å². The van der Waals surface area contributed by atoms with Gasteiger partial charge in [0.15, 0.2) is 0 Å². The molecular weight excluding hydrogens is 808 g/mol. The Kier molecular flexibility index (Phi) is 17.6. The summed E-state index contributed by atoms with van der Waals surface area (Å²) in [6.07, 6.45) is 3.34. The number of pyridine rings is 2. The van der Waals surface area contributed by atoms with Crippen LogP contribution in [0.15, 0.2) is 29.6 Å². The number of hydrogen-bond donors (Lipinski definition) is 3. The Morgan fingerprint density at radius 1 is 0.796 bits per heavy atom. The van der Waals surface area contributed by atoms with E-state index >= 15 is 0 Å². The third-order valence-corrected chi connectivity index (χ3v) is 10.7. The third-order valence-electron chi connectivity index (χ3n) is 8.72. The highest BCUT2D eigenvalue weighted by Gasteiger charge is 2.36. The minimum absolute atomic E-state index is 0.00365. The number of nitrogens with one attached hydrogen (secondary N) is 2.